The minimum atomic E-state index is -0.116. The van der Waals surface area contributed by atoms with Crippen LogP contribution >= 0.6 is 0 Å². The van der Waals surface area contributed by atoms with Crippen molar-refractivity contribution >= 4 is 16.7 Å². The van der Waals surface area contributed by atoms with Gasteiger partial charge in [-0.2, -0.15) is 10.5 Å². The van der Waals surface area contributed by atoms with Gasteiger partial charge < -0.3 is 0 Å². The second-order valence-corrected chi connectivity index (χ2v) is 4.83. The predicted octanol–water partition coefficient (Wildman–Crippen LogP) is 3.28. The Morgan fingerprint density at radius 1 is 0.957 bits per heavy atom. The van der Waals surface area contributed by atoms with Crippen molar-refractivity contribution in [2.24, 2.45) is 4.99 Å². The molecule has 0 aliphatic heterocycles. The van der Waals surface area contributed by atoms with Crippen molar-refractivity contribution in [2.45, 2.75) is 6.54 Å². The van der Waals surface area contributed by atoms with Crippen molar-refractivity contribution in [2.75, 3.05) is 0 Å². The van der Waals surface area contributed by atoms with Gasteiger partial charge in [0.05, 0.1) is 29.5 Å². The first kappa shape index (κ1) is 14.4. The van der Waals surface area contributed by atoms with Gasteiger partial charge in [-0.3, -0.25) is 9.98 Å². The molecule has 5 heteroatoms. The van der Waals surface area contributed by atoms with Crippen LogP contribution < -0.4 is 0 Å². The number of aliphatic imine (C=N–C) groups is 1. The van der Waals surface area contributed by atoms with Gasteiger partial charge in [-0.05, 0) is 17.7 Å². The molecule has 0 saturated heterocycles. The third kappa shape index (κ3) is 3.20. The molecule has 0 N–H and O–H groups in total. The van der Waals surface area contributed by atoms with E-state index >= 15 is 0 Å². The Morgan fingerprint density at radius 3 is 2.35 bits per heavy atom. The Kier molecular flexibility index (Phi) is 4.04. The van der Waals surface area contributed by atoms with Crippen molar-refractivity contribution in [3.63, 3.8) is 0 Å². The normalized spacial score (nSPS) is 9.83. The lowest BCUT2D eigenvalue weighted by molar-refractivity contribution is 1.07. The third-order valence-electron chi connectivity index (χ3n) is 3.33. The quantitative estimate of drug-likeness (QED) is 0.694. The maximum absolute atomic E-state index is 8.66. The highest BCUT2D eigenvalue weighted by molar-refractivity contribution is 6.10. The molecule has 5 nitrogen and oxygen atoms in total. The van der Waals surface area contributed by atoms with E-state index in [-0.39, 0.29) is 5.71 Å². The summed E-state index contributed by atoms with van der Waals surface area (Å²) in [6, 6.07) is 18.9. The fourth-order valence-electron chi connectivity index (χ4n) is 2.14. The number of para-hydroxylation sites is 2. The molecule has 3 aromatic rings. The molecular formula is C18H11N5. The van der Waals surface area contributed by atoms with Gasteiger partial charge in [-0.25, -0.2) is 4.98 Å². The Bertz CT molecular complexity index is 943. The van der Waals surface area contributed by atoms with Crippen LogP contribution in [0.2, 0.25) is 0 Å². The van der Waals surface area contributed by atoms with Crippen molar-refractivity contribution in [1.29, 1.82) is 10.5 Å². The van der Waals surface area contributed by atoms with E-state index in [4.69, 9.17) is 10.5 Å². The molecule has 3 rings (SSSR count). The SMILES string of the molecule is N#CC(C#N)=NCc1ccc(-c2cnc3ccccc3n2)cc1. The summed E-state index contributed by atoms with van der Waals surface area (Å²) in [6.45, 7) is 0.306. The molecule has 0 unspecified atom stereocenters. The summed E-state index contributed by atoms with van der Waals surface area (Å²) in [4.78, 5) is 12.9. The van der Waals surface area contributed by atoms with Gasteiger partial charge in [-0.15, -0.1) is 0 Å². The lowest BCUT2D eigenvalue weighted by Crippen LogP contribution is -1.92. The standard InChI is InChI=1S/C18H11N5/c19-9-15(10-20)21-11-13-5-7-14(8-6-13)18-12-22-16-3-1-2-4-17(16)23-18/h1-8,12H,11H2. The molecule has 0 bridgehead atoms. The number of nitriles is 2. The first-order chi connectivity index (χ1) is 11.3. The number of rotatable bonds is 3. The van der Waals surface area contributed by atoms with Gasteiger partial charge in [0.1, 0.15) is 12.1 Å². The zero-order valence-corrected chi connectivity index (χ0v) is 12.1. The van der Waals surface area contributed by atoms with E-state index in [0.29, 0.717) is 6.54 Å². The molecule has 0 atom stereocenters. The highest BCUT2D eigenvalue weighted by Crippen LogP contribution is 2.19. The van der Waals surface area contributed by atoms with E-state index in [1.165, 1.54) is 0 Å². The molecule has 0 spiro atoms. The van der Waals surface area contributed by atoms with Gasteiger partial charge in [0, 0.05) is 5.56 Å². The number of hydrogen-bond acceptors (Lipinski definition) is 5. The minimum Gasteiger partial charge on any atom is -0.260 e. The maximum atomic E-state index is 8.66. The lowest BCUT2D eigenvalue weighted by atomic mass is 10.1. The van der Waals surface area contributed by atoms with Crippen molar-refractivity contribution in [3.8, 4) is 23.4 Å². The Hall–Kier alpha value is -3.57. The second-order valence-electron chi connectivity index (χ2n) is 4.83. The van der Waals surface area contributed by atoms with E-state index in [0.717, 1.165) is 27.9 Å². The van der Waals surface area contributed by atoms with Crippen LogP contribution in [0.3, 0.4) is 0 Å². The average molecular weight is 297 g/mol. The first-order valence-corrected chi connectivity index (χ1v) is 6.96. The fourth-order valence-corrected chi connectivity index (χ4v) is 2.14. The molecule has 1 aromatic heterocycles. The summed E-state index contributed by atoms with van der Waals surface area (Å²) < 4.78 is 0. The highest BCUT2D eigenvalue weighted by atomic mass is 14.8. The second kappa shape index (κ2) is 6.46. The fraction of sp³-hybridized carbons (Fsp3) is 0.0556. The summed E-state index contributed by atoms with van der Waals surface area (Å²) in [6.07, 6.45) is 1.75. The number of fused-ring (bicyclic) bond motifs is 1. The molecule has 0 radical (unpaired) electrons. The lowest BCUT2D eigenvalue weighted by Gasteiger charge is -2.04. The smallest absolute Gasteiger partial charge is 0.213 e. The Labute approximate surface area is 133 Å². The van der Waals surface area contributed by atoms with Crippen LogP contribution in [-0.4, -0.2) is 15.7 Å². The number of nitrogens with zero attached hydrogens (tertiary/aromatic N) is 5. The summed E-state index contributed by atoms with van der Waals surface area (Å²) in [5.41, 5.74) is 4.28. The molecule has 0 saturated carbocycles. The topological polar surface area (TPSA) is 85.7 Å². The van der Waals surface area contributed by atoms with Crippen LogP contribution in [0.1, 0.15) is 5.56 Å². The van der Waals surface area contributed by atoms with Crippen LogP contribution in [0.4, 0.5) is 0 Å². The van der Waals surface area contributed by atoms with Gasteiger partial charge in [-0.1, -0.05) is 36.4 Å². The maximum Gasteiger partial charge on any atom is 0.213 e. The average Bonchev–Trinajstić information content (AvgIpc) is 2.63. The molecule has 23 heavy (non-hydrogen) atoms. The molecule has 108 valence electrons. The summed E-state index contributed by atoms with van der Waals surface area (Å²) >= 11 is 0. The third-order valence-corrected chi connectivity index (χ3v) is 3.33. The van der Waals surface area contributed by atoms with Crippen LogP contribution in [0.5, 0.6) is 0 Å². The van der Waals surface area contributed by atoms with E-state index in [9.17, 15) is 0 Å². The molecule has 2 aromatic carbocycles. The van der Waals surface area contributed by atoms with Gasteiger partial charge >= 0.3 is 0 Å². The van der Waals surface area contributed by atoms with Crippen LogP contribution in [0.25, 0.3) is 22.3 Å². The zero-order valence-electron chi connectivity index (χ0n) is 12.1. The zero-order chi connectivity index (χ0) is 16.1. The van der Waals surface area contributed by atoms with Crippen molar-refractivity contribution in [3.05, 3.63) is 60.3 Å². The van der Waals surface area contributed by atoms with Gasteiger partial charge in [0.2, 0.25) is 5.71 Å². The largest absolute Gasteiger partial charge is 0.260 e. The van der Waals surface area contributed by atoms with E-state index in [2.05, 4.69) is 15.0 Å². The summed E-state index contributed by atoms with van der Waals surface area (Å²) in [7, 11) is 0. The van der Waals surface area contributed by atoms with E-state index in [1.54, 1.807) is 18.3 Å². The molecule has 0 aliphatic rings. The predicted molar refractivity (Wildman–Crippen MR) is 87.3 cm³/mol. The summed E-state index contributed by atoms with van der Waals surface area (Å²) in [5, 5.41) is 17.3. The van der Waals surface area contributed by atoms with Gasteiger partial charge in [0.15, 0.2) is 0 Å². The van der Waals surface area contributed by atoms with Gasteiger partial charge in [0.25, 0.3) is 0 Å². The molecule has 0 aliphatic carbocycles. The number of benzene rings is 2. The monoisotopic (exact) mass is 297 g/mol. The number of aromatic nitrogens is 2. The minimum absolute atomic E-state index is 0.116. The Balaban J connectivity index is 1.85. The van der Waals surface area contributed by atoms with Crippen LogP contribution in [-0.2, 0) is 6.54 Å². The highest BCUT2D eigenvalue weighted by Gasteiger charge is 2.03. The summed E-state index contributed by atoms with van der Waals surface area (Å²) in [5.74, 6) is 0. The van der Waals surface area contributed by atoms with Crippen molar-refractivity contribution < 1.29 is 0 Å². The Morgan fingerprint density at radius 2 is 1.65 bits per heavy atom. The van der Waals surface area contributed by atoms with E-state index in [1.807, 2.05) is 48.5 Å². The van der Waals surface area contributed by atoms with Crippen LogP contribution in [0, 0.1) is 22.7 Å². The number of hydrogen-bond donors (Lipinski definition) is 0. The van der Waals surface area contributed by atoms with Crippen LogP contribution in [0.15, 0.2) is 59.7 Å². The molecule has 1 heterocycles. The molecule has 0 fully saturated rings. The first-order valence-electron chi connectivity index (χ1n) is 6.96. The molecular weight excluding hydrogens is 286 g/mol. The molecule has 0 amide bonds. The van der Waals surface area contributed by atoms with Crippen molar-refractivity contribution in [1.82, 2.24) is 9.97 Å². The van der Waals surface area contributed by atoms with E-state index < -0.39 is 0 Å².